The third kappa shape index (κ3) is 4.59. The Bertz CT molecular complexity index is 605. The van der Waals surface area contributed by atoms with E-state index in [0.717, 1.165) is 18.2 Å². The van der Waals surface area contributed by atoms with Crippen LogP contribution in [0, 0.1) is 0 Å². The molecule has 0 saturated heterocycles. The molecule has 0 amide bonds. The Balaban J connectivity index is 2.29. The van der Waals surface area contributed by atoms with Crippen molar-refractivity contribution in [2.24, 2.45) is 0 Å². The average Bonchev–Trinajstić information content (AvgIpc) is 2.51. The van der Waals surface area contributed by atoms with Crippen LogP contribution in [0.15, 0.2) is 30.6 Å². The molecule has 0 aromatic carbocycles. The highest BCUT2D eigenvalue weighted by molar-refractivity contribution is 7.98. The van der Waals surface area contributed by atoms with Crippen LogP contribution in [0.25, 0.3) is 11.4 Å². The van der Waals surface area contributed by atoms with E-state index in [9.17, 15) is 13.2 Å². The molecule has 0 aliphatic carbocycles. The lowest BCUT2D eigenvalue weighted by molar-refractivity contribution is -0.141. The topological polar surface area (TPSA) is 50.7 Å². The molecular formula is C14H15F3N4S. The molecule has 0 fully saturated rings. The Morgan fingerprint density at radius 3 is 2.73 bits per heavy atom. The smallest absolute Gasteiger partial charge is 0.370 e. The van der Waals surface area contributed by atoms with Gasteiger partial charge in [-0.25, -0.2) is 9.97 Å². The zero-order valence-corrected chi connectivity index (χ0v) is 12.7. The molecule has 0 radical (unpaired) electrons. The zero-order chi connectivity index (χ0) is 16.0. The highest BCUT2D eigenvalue weighted by Gasteiger charge is 2.33. The van der Waals surface area contributed by atoms with E-state index in [2.05, 4.69) is 20.3 Å². The van der Waals surface area contributed by atoms with Gasteiger partial charge in [-0.3, -0.25) is 4.98 Å². The van der Waals surface area contributed by atoms with Crippen molar-refractivity contribution in [3.05, 3.63) is 36.3 Å². The van der Waals surface area contributed by atoms with Crippen molar-refractivity contribution < 1.29 is 13.2 Å². The Hall–Kier alpha value is -1.83. The summed E-state index contributed by atoms with van der Waals surface area (Å²) < 4.78 is 38.9. The monoisotopic (exact) mass is 328 g/mol. The molecule has 2 rings (SSSR count). The lowest BCUT2D eigenvalue weighted by Crippen LogP contribution is -2.12. The van der Waals surface area contributed by atoms with Gasteiger partial charge >= 0.3 is 6.18 Å². The van der Waals surface area contributed by atoms with Gasteiger partial charge in [-0.15, -0.1) is 0 Å². The van der Waals surface area contributed by atoms with Crippen molar-refractivity contribution in [1.82, 2.24) is 15.0 Å². The summed E-state index contributed by atoms with van der Waals surface area (Å²) in [6.45, 7) is 0.557. The number of halogens is 3. The van der Waals surface area contributed by atoms with Crippen LogP contribution in [0.5, 0.6) is 0 Å². The molecule has 22 heavy (non-hydrogen) atoms. The number of aromatic nitrogens is 3. The van der Waals surface area contributed by atoms with Crippen molar-refractivity contribution in [3.8, 4) is 11.4 Å². The summed E-state index contributed by atoms with van der Waals surface area (Å²) in [5, 5.41) is 2.92. The summed E-state index contributed by atoms with van der Waals surface area (Å²) in [5.74, 6) is 1.11. The van der Waals surface area contributed by atoms with Gasteiger partial charge in [0.1, 0.15) is 5.82 Å². The molecule has 8 heteroatoms. The fraction of sp³-hybridized carbons (Fsp3) is 0.357. The maximum Gasteiger partial charge on any atom is 0.433 e. The van der Waals surface area contributed by atoms with E-state index in [0.29, 0.717) is 12.1 Å². The standard InChI is InChI=1S/C14H15F3N4S/c1-22-7-3-6-19-12-8-11(14(15,16)17)20-13(21-12)10-4-2-5-18-9-10/h2,4-5,8-9H,3,6-7H2,1H3,(H,19,20,21). The van der Waals surface area contributed by atoms with E-state index >= 15 is 0 Å². The summed E-state index contributed by atoms with van der Waals surface area (Å²) in [4.78, 5) is 11.6. The molecule has 0 atom stereocenters. The largest absolute Gasteiger partial charge is 0.433 e. The maximum atomic E-state index is 13.0. The van der Waals surface area contributed by atoms with Crippen LogP contribution < -0.4 is 5.32 Å². The van der Waals surface area contributed by atoms with E-state index in [1.54, 1.807) is 30.1 Å². The van der Waals surface area contributed by atoms with Crippen molar-refractivity contribution in [2.45, 2.75) is 12.6 Å². The van der Waals surface area contributed by atoms with Gasteiger partial charge in [-0.2, -0.15) is 24.9 Å². The quantitative estimate of drug-likeness (QED) is 0.819. The van der Waals surface area contributed by atoms with Gasteiger partial charge < -0.3 is 5.32 Å². The highest BCUT2D eigenvalue weighted by atomic mass is 32.2. The third-order valence-electron chi connectivity index (χ3n) is 2.77. The Morgan fingerprint density at radius 2 is 2.09 bits per heavy atom. The average molecular weight is 328 g/mol. The van der Waals surface area contributed by atoms with Crippen molar-refractivity contribution in [2.75, 3.05) is 23.9 Å². The molecule has 2 heterocycles. The Labute approximate surface area is 130 Å². The minimum absolute atomic E-state index is 0.00953. The van der Waals surface area contributed by atoms with Gasteiger partial charge in [0, 0.05) is 30.6 Å². The molecule has 2 aromatic heterocycles. The number of hydrogen-bond donors (Lipinski definition) is 1. The van der Waals surface area contributed by atoms with Gasteiger partial charge in [0.2, 0.25) is 0 Å². The van der Waals surface area contributed by atoms with Crippen molar-refractivity contribution >= 4 is 17.6 Å². The van der Waals surface area contributed by atoms with Gasteiger partial charge in [0.25, 0.3) is 0 Å². The van der Waals surface area contributed by atoms with E-state index in [4.69, 9.17) is 0 Å². The molecule has 0 aliphatic heterocycles. The van der Waals surface area contributed by atoms with Gasteiger partial charge in [-0.05, 0) is 30.6 Å². The van der Waals surface area contributed by atoms with Crippen LogP contribution in [0.4, 0.5) is 19.0 Å². The van der Waals surface area contributed by atoms with E-state index in [-0.39, 0.29) is 11.6 Å². The Kier molecular flexibility index (Phi) is 5.59. The molecule has 4 nitrogen and oxygen atoms in total. The first-order chi connectivity index (χ1) is 10.5. The first kappa shape index (κ1) is 16.5. The van der Waals surface area contributed by atoms with Gasteiger partial charge in [-0.1, -0.05) is 0 Å². The lowest BCUT2D eigenvalue weighted by atomic mass is 10.2. The number of nitrogens with zero attached hydrogens (tertiary/aromatic N) is 3. The summed E-state index contributed by atoms with van der Waals surface area (Å²) in [5.41, 5.74) is -0.519. The fourth-order valence-corrected chi connectivity index (χ4v) is 2.17. The van der Waals surface area contributed by atoms with Crippen molar-refractivity contribution in [1.29, 1.82) is 0 Å². The number of thioether (sulfide) groups is 1. The number of rotatable bonds is 6. The maximum absolute atomic E-state index is 13.0. The molecule has 118 valence electrons. The molecule has 0 spiro atoms. The SMILES string of the molecule is CSCCCNc1cc(C(F)(F)F)nc(-c2cccnc2)n1. The van der Waals surface area contributed by atoms with Crippen LogP contribution in [0.3, 0.4) is 0 Å². The summed E-state index contributed by atoms with van der Waals surface area (Å²) in [7, 11) is 0. The number of alkyl halides is 3. The lowest BCUT2D eigenvalue weighted by Gasteiger charge is -2.11. The summed E-state index contributed by atoms with van der Waals surface area (Å²) in [6.07, 6.45) is 1.28. The fourth-order valence-electron chi connectivity index (χ4n) is 1.74. The normalized spacial score (nSPS) is 11.5. The zero-order valence-electron chi connectivity index (χ0n) is 11.9. The van der Waals surface area contributed by atoms with Gasteiger partial charge in [0.05, 0.1) is 0 Å². The molecule has 2 aromatic rings. The predicted octanol–water partition coefficient (Wildman–Crippen LogP) is 3.72. The van der Waals surface area contributed by atoms with Gasteiger partial charge in [0.15, 0.2) is 11.5 Å². The molecule has 1 N–H and O–H groups in total. The van der Waals surface area contributed by atoms with Crippen LogP contribution in [0.1, 0.15) is 12.1 Å². The summed E-state index contributed by atoms with van der Waals surface area (Å²) >= 11 is 1.68. The first-order valence-electron chi connectivity index (χ1n) is 6.60. The Morgan fingerprint density at radius 1 is 1.27 bits per heavy atom. The highest BCUT2D eigenvalue weighted by Crippen LogP contribution is 2.30. The van der Waals surface area contributed by atoms with Crippen LogP contribution in [-0.2, 0) is 6.18 Å². The van der Waals surface area contributed by atoms with Crippen LogP contribution in [0.2, 0.25) is 0 Å². The van der Waals surface area contributed by atoms with Crippen LogP contribution in [-0.4, -0.2) is 33.5 Å². The summed E-state index contributed by atoms with van der Waals surface area (Å²) in [6, 6.07) is 4.18. The third-order valence-corrected chi connectivity index (χ3v) is 3.46. The second kappa shape index (κ2) is 7.44. The van der Waals surface area contributed by atoms with E-state index in [1.165, 1.54) is 6.20 Å². The number of hydrogen-bond acceptors (Lipinski definition) is 5. The molecule has 0 unspecified atom stereocenters. The second-order valence-electron chi connectivity index (χ2n) is 4.47. The minimum Gasteiger partial charge on any atom is -0.370 e. The molecule has 0 saturated carbocycles. The molecular weight excluding hydrogens is 313 g/mol. The minimum atomic E-state index is -4.52. The van der Waals surface area contributed by atoms with E-state index in [1.807, 2.05) is 6.26 Å². The van der Waals surface area contributed by atoms with Crippen LogP contribution >= 0.6 is 11.8 Å². The van der Waals surface area contributed by atoms with E-state index < -0.39 is 11.9 Å². The predicted molar refractivity (Wildman–Crippen MR) is 81.8 cm³/mol. The van der Waals surface area contributed by atoms with Crippen molar-refractivity contribution in [3.63, 3.8) is 0 Å². The second-order valence-corrected chi connectivity index (χ2v) is 5.46. The first-order valence-corrected chi connectivity index (χ1v) is 7.99. The number of pyridine rings is 1. The number of nitrogens with one attached hydrogen (secondary N) is 1. The number of anilines is 1. The molecule has 0 aliphatic rings. The molecule has 0 bridgehead atoms.